The highest BCUT2D eigenvalue weighted by atomic mass is 32.1. The minimum Gasteiger partial charge on any atom is -0.349 e. The summed E-state index contributed by atoms with van der Waals surface area (Å²) in [5.41, 5.74) is 1.83. The Morgan fingerprint density at radius 2 is 2.35 bits per heavy atom. The lowest BCUT2D eigenvalue weighted by Crippen LogP contribution is -2.33. The lowest BCUT2D eigenvalue weighted by molar-refractivity contribution is -0.117. The van der Waals surface area contributed by atoms with E-state index in [0.717, 1.165) is 30.6 Å². The number of hydrogen-bond acceptors (Lipinski definition) is 4. The van der Waals surface area contributed by atoms with Gasteiger partial charge in [0.1, 0.15) is 11.6 Å². The van der Waals surface area contributed by atoms with E-state index in [1.54, 1.807) is 17.8 Å². The molecule has 0 radical (unpaired) electrons. The molecule has 1 fully saturated rings. The minimum absolute atomic E-state index is 0.154. The molecule has 0 bridgehead atoms. The van der Waals surface area contributed by atoms with Crippen molar-refractivity contribution >= 4 is 23.3 Å². The van der Waals surface area contributed by atoms with Crippen molar-refractivity contribution in [3.05, 3.63) is 22.2 Å². The molecular formula is C12H13N3OS. The molecule has 0 atom stereocenters. The number of thiazole rings is 1. The second-order valence-corrected chi connectivity index (χ2v) is 4.95. The highest BCUT2D eigenvalue weighted by Crippen LogP contribution is 2.18. The second kappa shape index (κ2) is 5.60. The van der Waals surface area contributed by atoms with Crippen LogP contribution in [-0.2, 0) is 4.79 Å². The predicted octanol–water partition coefficient (Wildman–Crippen LogP) is 2.11. The first-order valence-corrected chi connectivity index (χ1v) is 6.48. The van der Waals surface area contributed by atoms with Crippen molar-refractivity contribution < 1.29 is 4.79 Å². The van der Waals surface area contributed by atoms with Crippen molar-refractivity contribution in [2.75, 3.05) is 0 Å². The summed E-state index contributed by atoms with van der Waals surface area (Å²) in [5, 5.41) is 11.9. The Labute approximate surface area is 104 Å². The Morgan fingerprint density at radius 3 is 2.94 bits per heavy atom. The van der Waals surface area contributed by atoms with E-state index in [1.165, 1.54) is 11.3 Å². The Bertz CT molecular complexity index is 453. The molecule has 0 spiro atoms. The van der Waals surface area contributed by atoms with Crippen molar-refractivity contribution in [2.45, 2.75) is 31.7 Å². The van der Waals surface area contributed by atoms with Crippen LogP contribution in [0.1, 0.15) is 30.6 Å². The van der Waals surface area contributed by atoms with E-state index < -0.39 is 0 Å². The molecule has 4 nitrogen and oxygen atoms in total. The average Bonchev–Trinajstić information content (AvgIpc) is 2.97. The molecule has 2 rings (SSSR count). The molecule has 0 unspecified atom stereocenters. The first-order valence-electron chi connectivity index (χ1n) is 5.61. The Morgan fingerprint density at radius 1 is 1.59 bits per heavy atom. The lowest BCUT2D eigenvalue weighted by Gasteiger charge is -2.10. The summed E-state index contributed by atoms with van der Waals surface area (Å²) in [6.07, 6.45) is 7.58. The molecule has 5 heteroatoms. The zero-order chi connectivity index (χ0) is 12.1. The molecule has 0 saturated heterocycles. The van der Waals surface area contributed by atoms with Crippen LogP contribution in [0.4, 0.5) is 0 Å². The van der Waals surface area contributed by atoms with Gasteiger partial charge in [-0.1, -0.05) is 12.8 Å². The van der Waals surface area contributed by atoms with Gasteiger partial charge in [0.25, 0.3) is 5.91 Å². The van der Waals surface area contributed by atoms with Crippen LogP contribution in [0.3, 0.4) is 0 Å². The van der Waals surface area contributed by atoms with Gasteiger partial charge in [-0.3, -0.25) is 9.78 Å². The number of amides is 1. The van der Waals surface area contributed by atoms with Gasteiger partial charge in [-0.2, -0.15) is 5.26 Å². The number of rotatable bonds is 3. The van der Waals surface area contributed by atoms with Gasteiger partial charge in [0, 0.05) is 17.1 Å². The van der Waals surface area contributed by atoms with E-state index in [4.69, 9.17) is 5.26 Å². The monoisotopic (exact) mass is 247 g/mol. The third-order valence-electron chi connectivity index (χ3n) is 2.79. The van der Waals surface area contributed by atoms with Gasteiger partial charge in [-0.25, -0.2) is 0 Å². The van der Waals surface area contributed by atoms with Gasteiger partial charge in [0.2, 0.25) is 0 Å². The summed E-state index contributed by atoms with van der Waals surface area (Å²) in [4.78, 5) is 16.6. The van der Waals surface area contributed by atoms with Gasteiger partial charge in [-0.15, -0.1) is 11.3 Å². The van der Waals surface area contributed by atoms with Crippen LogP contribution in [-0.4, -0.2) is 16.9 Å². The van der Waals surface area contributed by atoms with Gasteiger partial charge in [-0.05, 0) is 18.9 Å². The summed E-state index contributed by atoms with van der Waals surface area (Å²) in [6, 6.07) is 2.18. The van der Waals surface area contributed by atoms with Gasteiger partial charge in [0.05, 0.1) is 5.51 Å². The van der Waals surface area contributed by atoms with Gasteiger partial charge >= 0.3 is 0 Å². The van der Waals surface area contributed by atoms with Crippen molar-refractivity contribution in [3.8, 4) is 6.07 Å². The van der Waals surface area contributed by atoms with E-state index in [9.17, 15) is 4.79 Å². The van der Waals surface area contributed by atoms with Crippen LogP contribution in [0, 0.1) is 11.3 Å². The molecule has 0 aliphatic heterocycles. The first-order chi connectivity index (χ1) is 8.29. The summed E-state index contributed by atoms with van der Waals surface area (Å²) in [5.74, 6) is -0.271. The molecule has 1 saturated carbocycles. The Kier molecular flexibility index (Phi) is 3.89. The summed E-state index contributed by atoms with van der Waals surface area (Å²) in [7, 11) is 0. The maximum atomic E-state index is 11.8. The standard InChI is InChI=1S/C12H13N3OS/c13-6-9(5-11-7-14-8-17-11)12(16)15-10-3-1-2-4-10/h5,7-8,10H,1-4H2,(H,15,16)/b9-5+. The normalized spacial score (nSPS) is 16.8. The van der Waals surface area contributed by atoms with Crippen molar-refractivity contribution in [3.63, 3.8) is 0 Å². The molecule has 1 heterocycles. The number of aromatic nitrogens is 1. The average molecular weight is 247 g/mol. The number of nitrogens with one attached hydrogen (secondary N) is 1. The third-order valence-corrected chi connectivity index (χ3v) is 3.52. The highest BCUT2D eigenvalue weighted by Gasteiger charge is 2.19. The summed E-state index contributed by atoms with van der Waals surface area (Å²) < 4.78 is 0. The summed E-state index contributed by atoms with van der Waals surface area (Å²) in [6.45, 7) is 0. The molecule has 1 aliphatic rings. The Balaban J connectivity index is 2.03. The van der Waals surface area contributed by atoms with E-state index in [1.807, 2.05) is 6.07 Å². The van der Waals surface area contributed by atoms with E-state index in [2.05, 4.69) is 10.3 Å². The lowest BCUT2D eigenvalue weighted by atomic mass is 10.2. The smallest absolute Gasteiger partial charge is 0.262 e. The quantitative estimate of drug-likeness (QED) is 0.657. The van der Waals surface area contributed by atoms with Gasteiger partial charge < -0.3 is 5.32 Å². The van der Waals surface area contributed by atoms with Crippen molar-refractivity contribution in [1.82, 2.24) is 10.3 Å². The molecule has 0 aromatic carbocycles. The molecule has 1 aromatic rings. The molecule has 1 amide bonds. The fourth-order valence-corrected chi connectivity index (χ4v) is 2.47. The molecule has 17 heavy (non-hydrogen) atoms. The van der Waals surface area contributed by atoms with E-state index >= 15 is 0 Å². The maximum Gasteiger partial charge on any atom is 0.262 e. The number of carbonyl (C=O) groups excluding carboxylic acids is 1. The number of nitriles is 1. The third kappa shape index (κ3) is 3.14. The zero-order valence-electron chi connectivity index (χ0n) is 9.35. The zero-order valence-corrected chi connectivity index (χ0v) is 10.2. The first kappa shape index (κ1) is 11.8. The number of carbonyl (C=O) groups is 1. The van der Waals surface area contributed by atoms with Gasteiger partial charge in [0.15, 0.2) is 0 Å². The van der Waals surface area contributed by atoms with Crippen molar-refractivity contribution in [1.29, 1.82) is 5.26 Å². The number of nitrogens with zero attached hydrogens (tertiary/aromatic N) is 2. The van der Waals surface area contributed by atoms with E-state index in [0.29, 0.717) is 0 Å². The molecular weight excluding hydrogens is 234 g/mol. The van der Waals surface area contributed by atoms with Crippen LogP contribution >= 0.6 is 11.3 Å². The maximum absolute atomic E-state index is 11.8. The fraction of sp³-hybridized carbons (Fsp3) is 0.417. The molecule has 88 valence electrons. The van der Waals surface area contributed by atoms with Crippen molar-refractivity contribution in [2.24, 2.45) is 0 Å². The Hall–Kier alpha value is -1.67. The topological polar surface area (TPSA) is 65.8 Å². The predicted molar refractivity (Wildman–Crippen MR) is 66.1 cm³/mol. The van der Waals surface area contributed by atoms with Crippen LogP contribution in [0.5, 0.6) is 0 Å². The van der Waals surface area contributed by atoms with Crippen LogP contribution in [0.2, 0.25) is 0 Å². The van der Waals surface area contributed by atoms with Crippen LogP contribution in [0.15, 0.2) is 17.3 Å². The highest BCUT2D eigenvalue weighted by molar-refractivity contribution is 7.10. The van der Waals surface area contributed by atoms with E-state index in [-0.39, 0.29) is 17.5 Å². The minimum atomic E-state index is -0.271. The molecule has 1 aromatic heterocycles. The molecule has 1 aliphatic carbocycles. The molecule has 1 N–H and O–H groups in total. The van der Waals surface area contributed by atoms with Crippen LogP contribution in [0.25, 0.3) is 6.08 Å². The SMILES string of the molecule is N#C/C(=C\c1cncs1)C(=O)NC1CCCC1. The second-order valence-electron chi connectivity index (χ2n) is 4.03. The van der Waals surface area contributed by atoms with Crippen LogP contribution < -0.4 is 5.32 Å². The fourth-order valence-electron chi connectivity index (χ4n) is 1.92. The number of hydrogen-bond donors (Lipinski definition) is 1. The largest absolute Gasteiger partial charge is 0.349 e. The summed E-state index contributed by atoms with van der Waals surface area (Å²) >= 11 is 1.41.